The van der Waals surface area contributed by atoms with E-state index in [2.05, 4.69) is 32.9 Å². The smallest absolute Gasteiger partial charge is 0.234 e. The number of hydrogen-bond donors (Lipinski definition) is 1. The molecule has 1 N–H and O–H groups in total. The molecule has 0 unspecified atom stereocenters. The van der Waals surface area contributed by atoms with Gasteiger partial charge in [-0.05, 0) is 38.2 Å². The van der Waals surface area contributed by atoms with Crippen molar-refractivity contribution in [2.45, 2.75) is 104 Å². The minimum atomic E-state index is -0.314. The molecule has 0 aromatic heterocycles. The molecule has 172 valence electrons. The van der Waals surface area contributed by atoms with E-state index in [9.17, 15) is 9.59 Å². The quantitative estimate of drug-likeness (QED) is 0.320. The van der Waals surface area contributed by atoms with E-state index in [1.165, 1.54) is 5.56 Å². The van der Waals surface area contributed by atoms with Crippen molar-refractivity contribution in [2.24, 2.45) is 5.41 Å². The number of carbonyl (C=O) groups excluding carboxylic acids is 2. The molecule has 1 amide bonds. The molecule has 0 saturated carbocycles. The average Bonchev–Trinajstić information content (AvgIpc) is 2.97. The molecule has 1 aromatic carbocycles. The molecule has 1 aromatic rings. The van der Waals surface area contributed by atoms with Gasteiger partial charge in [-0.1, -0.05) is 82.2 Å². The van der Waals surface area contributed by atoms with E-state index in [1.807, 2.05) is 12.1 Å². The minimum absolute atomic E-state index is 0.202. The van der Waals surface area contributed by atoms with E-state index < -0.39 is 0 Å². The van der Waals surface area contributed by atoms with E-state index in [0.29, 0.717) is 37.4 Å². The molecule has 1 heterocycles. The summed E-state index contributed by atoms with van der Waals surface area (Å²) < 4.78 is 0. The molecule has 1 fully saturated rings. The number of benzene rings is 1. The first kappa shape index (κ1) is 25.3. The van der Waals surface area contributed by atoms with Crippen molar-refractivity contribution in [3.05, 3.63) is 35.4 Å². The molecule has 4 nitrogen and oxygen atoms in total. The number of hydrogen-bond acceptors (Lipinski definition) is 3. The van der Waals surface area contributed by atoms with Gasteiger partial charge in [0.25, 0.3) is 0 Å². The summed E-state index contributed by atoms with van der Waals surface area (Å²) in [6.45, 7) is 7.05. The molecule has 1 aliphatic rings. The molecule has 0 bridgehead atoms. The Kier molecular flexibility index (Phi) is 10.4. The van der Waals surface area contributed by atoms with Crippen LogP contribution in [0, 0.1) is 17.7 Å². The highest BCUT2D eigenvalue weighted by Gasteiger charge is 2.48. The van der Waals surface area contributed by atoms with Gasteiger partial charge in [0, 0.05) is 25.8 Å². The number of aryl methyl sites for hydroxylation is 1. The number of rotatable bonds is 15. The third-order valence-corrected chi connectivity index (χ3v) is 6.62. The van der Waals surface area contributed by atoms with Crippen molar-refractivity contribution in [3.63, 3.8) is 0 Å². The topological polar surface area (TPSA) is 61.2 Å². The summed E-state index contributed by atoms with van der Waals surface area (Å²) in [6.07, 6.45) is 11.8. The molecule has 0 spiro atoms. The second kappa shape index (κ2) is 12.8. The SMILES string of the molecule is CCCCC1(CCCC)CC(=N)N(CCCCCCC(=O)Cc2cccc(C)c2)C1=O. The van der Waals surface area contributed by atoms with Gasteiger partial charge in [-0.25, -0.2) is 0 Å². The number of carbonyl (C=O) groups is 2. The van der Waals surface area contributed by atoms with Crippen molar-refractivity contribution < 1.29 is 9.59 Å². The first-order valence-electron chi connectivity index (χ1n) is 12.4. The largest absolute Gasteiger partial charge is 0.300 e. The second-order valence-electron chi connectivity index (χ2n) is 9.44. The zero-order valence-electron chi connectivity index (χ0n) is 20.0. The van der Waals surface area contributed by atoms with Crippen LogP contribution in [-0.2, 0) is 16.0 Å². The summed E-state index contributed by atoms with van der Waals surface area (Å²) in [6, 6.07) is 8.17. The number of Topliss-reactive ketones (excluding diaryl/α,β-unsaturated/α-hetero) is 1. The predicted molar refractivity (Wildman–Crippen MR) is 129 cm³/mol. The van der Waals surface area contributed by atoms with E-state index >= 15 is 0 Å². The Bertz CT molecular complexity index is 733. The number of nitrogens with zero attached hydrogens (tertiary/aromatic N) is 1. The molecule has 1 saturated heterocycles. The zero-order valence-corrected chi connectivity index (χ0v) is 20.0. The fraction of sp³-hybridized carbons (Fsp3) is 0.667. The maximum atomic E-state index is 13.2. The molecule has 0 radical (unpaired) electrons. The van der Waals surface area contributed by atoms with Crippen molar-refractivity contribution in [1.29, 1.82) is 5.41 Å². The number of likely N-dealkylation sites (tertiary alicyclic amines) is 1. The van der Waals surface area contributed by atoms with Gasteiger partial charge >= 0.3 is 0 Å². The normalized spacial score (nSPS) is 15.6. The van der Waals surface area contributed by atoms with Gasteiger partial charge in [-0.15, -0.1) is 0 Å². The Morgan fingerprint density at radius 1 is 1.03 bits per heavy atom. The van der Waals surface area contributed by atoms with Crippen molar-refractivity contribution in [3.8, 4) is 0 Å². The number of ketones is 1. The molecule has 31 heavy (non-hydrogen) atoms. The predicted octanol–water partition coefficient (Wildman–Crippen LogP) is 6.63. The highest BCUT2D eigenvalue weighted by molar-refractivity contribution is 6.07. The first-order valence-corrected chi connectivity index (χ1v) is 12.4. The summed E-state index contributed by atoms with van der Waals surface area (Å²) >= 11 is 0. The van der Waals surface area contributed by atoms with Gasteiger partial charge in [-0.2, -0.15) is 0 Å². The van der Waals surface area contributed by atoms with Gasteiger partial charge in [0.2, 0.25) is 5.91 Å². The lowest BCUT2D eigenvalue weighted by Crippen LogP contribution is -2.36. The van der Waals surface area contributed by atoms with Gasteiger partial charge in [-0.3, -0.25) is 15.0 Å². The molecule has 1 aliphatic heterocycles. The average molecular weight is 427 g/mol. The van der Waals surface area contributed by atoms with E-state index in [1.54, 1.807) is 4.90 Å². The Morgan fingerprint density at radius 3 is 2.35 bits per heavy atom. The van der Waals surface area contributed by atoms with Crippen molar-refractivity contribution in [2.75, 3.05) is 6.54 Å². The lowest BCUT2D eigenvalue weighted by atomic mass is 9.77. The van der Waals surface area contributed by atoms with Gasteiger partial charge in [0.15, 0.2) is 0 Å². The highest BCUT2D eigenvalue weighted by atomic mass is 16.2. The first-order chi connectivity index (χ1) is 14.9. The maximum Gasteiger partial charge on any atom is 0.234 e. The van der Waals surface area contributed by atoms with E-state index in [-0.39, 0.29) is 11.3 Å². The van der Waals surface area contributed by atoms with Gasteiger partial charge < -0.3 is 4.90 Å². The standard InChI is InChI=1S/C27H42N2O2/c1-4-6-16-27(17-7-5-2)21-25(28)29(26(27)31)18-11-9-8-10-15-24(30)20-23-14-12-13-22(3)19-23/h12-14,19,28H,4-11,15-18,20-21H2,1-3H3. The van der Waals surface area contributed by atoms with Crippen molar-refractivity contribution in [1.82, 2.24) is 4.90 Å². The van der Waals surface area contributed by atoms with Crippen LogP contribution in [0.4, 0.5) is 0 Å². The minimum Gasteiger partial charge on any atom is -0.300 e. The van der Waals surface area contributed by atoms with E-state index in [4.69, 9.17) is 5.41 Å². The lowest BCUT2D eigenvalue weighted by Gasteiger charge is -2.27. The zero-order chi connectivity index (χ0) is 22.7. The summed E-state index contributed by atoms with van der Waals surface area (Å²) in [5, 5.41) is 8.42. The fourth-order valence-corrected chi connectivity index (χ4v) is 4.77. The van der Waals surface area contributed by atoms with Crippen LogP contribution in [0.3, 0.4) is 0 Å². The molecule has 0 atom stereocenters. The van der Waals surface area contributed by atoms with Crippen LogP contribution in [0.5, 0.6) is 0 Å². The highest BCUT2D eigenvalue weighted by Crippen LogP contribution is 2.42. The number of amidine groups is 1. The summed E-state index contributed by atoms with van der Waals surface area (Å²) in [5.74, 6) is 1.03. The second-order valence-corrected chi connectivity index (χ2v) is 9.44. The number of nitrogens with one attached hydrogen (secondary N) is 1. The molecule has 4 heteroatoms. The maximum absolute atomic E-state index is 13.2. The molecular formula is C27H42N2O2. The van der Waals surface area contributed by atoms with Crippen LogP contribution in [0.25, 0.3) is 0 Å². The summed E-state index contributed by atoms with van der Waals surface area (Å²) in [5.41, 5.74) is 1.98. The molecule has 2 rings (SSSR count). The molecular weight excluding hydrogens is 384 g/mol. The summed E-state index contributed by atoms with van der Waals surface area (Å²) in [7, 11) is 0. The number of unbranched alkanes of at least 4 members (excludes halogenated alkanes) is 5. The number of amides is 1. The van der Waals surface area contributed by atoms with Crippen LogP contribution in [0.1, 0.15) is 102 Å². The Hall–Kier alpha value is -1.97. The van der Waals surface area contributed by atoms with Crippen LogP contribution in [0.2, 0.25) is 0 Å². The van der Waals surface area contributed by atoms with Gasteiger partial charge in [0.05, 0.1) is 5.41 Å². The van der Waals surface area contributed by atoms with Crippen LogP contribution in [-0.4, -0.2) is 29.0 Å². The fourth-order valence-electron chi connectivity index (χ4n) is 4.77. The van der Waals surface area contributed by atoms with Crippen LogP contribution < -0.4 is 0 Å². The monoisotopic (exact) mass is 426 g/mol. The van der Waals surface area contributed by atoms with Gasteiger partial charge in [0.1, 0.15) is 11.6 Å². The Morgan fingerprint density at radius 2 is 1.71 bits per heavy atom. The van der Waals surface area contributed by atoms with E-state index in [0.717, 1.165) is 69.8 Å². The Labute approximate surface area is 189 Å². The lowest BCUT2D eigenvalue weighted by molar-refractivity contribution is -0.135. The summed E-state index contributed by atoms with van der Waals surface area (Å²) in [4.78, 5) is 27.2. The van der Waals surface area contributed by atoms with Crippen molar-refractivity contribution >= 4 is 17.5 Å². The molecule has 0 aliphatic carbocycles. The van der Waals surface area contributed by atoms with Crippen LogP contribution in [0.15, 0.2) is 24.3 Å². The van der Waals surface area contributed by atoms with Crippen LogP contribution >= 0.6 is 0 Å². The third-order valence-electron chi connectivity index (χ3n) is 6.62. The Balaban J connectivity index is 1.70. The third kappa shape index (κ3) is 7.59.